The molecule has 0 saturated heterocycles. The van der Waals surface area contributed by atoms with Gasteiger partial charge in [0.05, 0.1) is 20.0 Å². The van der Waals surface area contributed by atoms with Crippen molar-refractivity contribution in [3.63, 3.8) is 0 Å². The van der Waals surface area contributed by atoms with Crippen LogP contribution in [0.25, 0.3) is 11.3 Å². The van der Waals surface area contributed by atoms with E-state index in [1.54, 1.807) is 25.6 Å². The molecule has 7 heteroatoms. The maximum absolute atomic E-state index is 13.5. The van der Waals surface area contributed by atoms with E-state index in [-0.39, 0.29) is 11.9 Å². The Morgan fingerprint density at radius 3 is 2.30 bits per heavy atom. The molecular weight excluding hydrogens is 390 g/mol. The van der Waals surface area contributed by atoms with E-state index in [0.717, 1.165) is 22.4 Å². The summed E-state index contributed by atoms with van der Waals surface area (Å²) in [5, 5.41) is 1.32. The van der Waals surface area contributed by atoms with Crippen LogP contribution in [0.2, 0.25) is 19.6 Å². The van der Waals surface area contributed by atoms with E-state index in [1.807, 2.05) is 36.4 Å². The Bertz CT molecular complexity index is 1120. The summed E-state index contributed by atoms with van der Waals surface area (Å²) < 4.78 is 0. The van der Waals surface area contributed by atoms with Crippen LogP contribution in [0.1, 0.15) is 11.1 Å². The van der Waals surface area contributed by atoms with Crippen LogP contribution in [-0.4, -0.2) is 41.9 Å². The summed E-state index contributed by atoms with van der Waals surface area (Å²) in [6, 6.07) is 16.0. The molecular formula is C23H25N5OSi. The maximum atomic E-state index is 13.5. The topological polar surface area (TPSA) is 84.5 Å². The van der Waals surface area contributed by atoms with Crippen molar-refractivity contribution >= 4 is 25.1 Å². The quantitative estimate of drug-likeness (QED) is 0.664. The van der Waals surface area contributed by atoms with E-state index in [4.69, 9.17) is 10.7 Å². The first-order valence-corrected chi connectivity index (χ1v) is 13.3. The number of rotatable bonds is 4. The zero-order valence-corrected chi connectivity index (χ0v) is 18.6. The third-order valence-corrected chi connectivity index (χ3v) is 7.61. The van der Waals surface area contributed by atoms with Gasteiger partial charge in [-0.2, -0.15) is 0 Å². The zero-order chi connectivity index (χ0) is 21.5. The second-order valence-corrected chi connectivity index (χ2v) is 13.6. The van der Waals surface area contributed by atoms with Gasteiger partial charge in [0.15, 0.2) is 11.5 Å². The number of aromatic nitrogens is 2. The molecule has 0 spiro atoms. The van der Waals surface area contributed by atoms with Crippen molar-refractivity contribution in [2.24, 2.45) is 10.7 Å². The number of carbonyl (C=O) groups excluding carboxylic acids is 1. The van der Waals surface area contributed by atoms with Crippen LogP contribution in [0.15, 0.2) is 72.1 Å². The summed E-state index contributed by atoms with van der Waals surface area (Å²) in [6.07, 6.45) is 4.99. The lowest BCUT2D eigenvalue weighted by Gasteiger charge is -2.27. The summed E-state index contributed by atoms with van der Waals surface area (Å²) in [4.78, 5) is 28.1. The molecule has 1 atom stereocenters. The normalized spacial score (nSPS) is 19.1. The molecule has 2 aromatic carbocycles. The summed E-state index contributed by atoms with van der Waals surface area (Å²) in [5.41, 5.74) is 8.06. The number of nitrogens with two attached hydrogens (primary N) is 1. The molecule has 1 amide bonds. The van der Waals surface area contributed by atoms with Crippen molar-refractivity contribution in [3.8, 4) is 11.3 Å². The summed E-state index contributed by atoms with van der Waals surface area (Å²) >= 11 is 0. The molecule has 0 saturated carbocycles. The molecule has 1 aliphatic heterocycles. The average Bonchev–Trinajstić information content (AvgIpc) is 2.99. The number of nitrogens with zero attached hydrogens (tertiary/aromatic N) is 4. The van der Waals surface area contributed by atoms with Gasteiger partial charge in [-0.1, -0.05) is 67.3 Å². The molecule has 1 aromatic heterocycles. The summed E-state index contributed by atoms with van der Waals surface area (Å²) in [7, 11) is 0.191. The third-order valence-electron chi connectivity index (χ3n) is 5.55. The molecule has 0 bridgehead atoms. The van der Waals surface area contributed by atoms with Gasteiger partial charge in [0.25, 0.3) is 5.91 Å². The molecule has 0 aliphatic carbocycles. The summed E-state index contributed by atoms with van der Waals surface area (Å²) in [6.45, 7) is 6.90. The van der Waals surface area contributed by atoms with Gasteiger partial charge >= 0.3 is 0 Å². The van der Waals surface area contributed by atoms with Crippen molar-refractivity contribution in [2.45, 2.75) is 25.2 Å². The number of aliphatic imine (C=N–C) groups is 1. The SMILES string of the molecule is CN1C(=O)C(c2ccc([Si](C)(C)C)cc2)(c2cccc(-c3cnccn3)c2)N=C1N. The van der Waals surface area contributed by atoms with Gasteiger partial charge in [0.2, 0.25) is 0 Å². The Balaban J connectivity index is 1.90. The van der Waals surface area contributed by atoms with Crippen LogP contribution >= 0.6 is 0 Å². The van der Waals surface area contributed by atoms with Crippen LogP contribution in [0.3, 0.4) is 0 Å². The van der Waals surface area contributed by atoms with Crippen LogP contribution in [0, 0.1) is 0 Å². The summed E-state index contributed by atoms with van der Waals surface area (Å²) in [5.74, 6) is 0.0382. The number of hydrogen-bond acceptors (Lipinski definition) is 5. The second kappa shape index (κ2) is 7.18. The number of hydrogen-bond donors (Lipinski definition) is 1. The first-order valence-electron chi connectivity index (χ1n) is 9.85. The second-order valence-electron chi connectivity index (χ2n) is 8.54. The smallest absolute Gasteiger partial charge is 0.266 e. The van der Waals surface area contributed by atoms with E-state index in [2.05, 4.69) is 41.7 Å². The molecule has 2 heterocycles. The largest absolute Gasteiger partial charge is 0.369 e. The first kappa shape index (κ1) is 20.0. The lowest BCUT2D eigenvalue weighted by Crippen LogP contribution is -2.42. The Morgan fingerprint density at radius 1 is 1.00 bits per heavy atom. The molecule has 152 valence electrons. The van der Waals surface area contributed by atoms with E-state index < -0.39 is 13.6 Å². The lowest BCUT2D eigenvalue weighted by atomic mass is 9.82. The van der Waals surface area contributed by atoms with Gasteiger partial charge in [0.1, 0.15) is 0 Å². The van der Waals surface area contributed by atoms with E-state index in [1.165, 1.54) is 10.1 Å². The first-order chi connectivity index (χ1) is 14.2. The molecule has 0 radical (unpaired) electrons. The monoisotopic (exact) mass is 415 g/mol. The Kier molecular flexibility index (Phi) is 4.78. The highest BCUT2D eigenvalue weighted by molar-refractivity contribution is 6.88. The van der Waals surface area contributed by atoms with Gasteiger partial charge in [-0.3, -0.25) is 19.7 Å². The fourth-order valence-electron chi connectivity index (χ4n) is 3.75. The van der Waals surface area contributed by atoms with Crippen LogP contribution < -0.4 is 10.9 Å². The minimum absolute atomic E-state index is 0.169. The Labute approximate surface area is 177 Å². The van der Waals surface area contributed by atoms with Crippen molar-refractivity contribution in [1.29, 1.82) is 0 Å². The maximum Gasteiger partial charge on any atom is 0.266 e. The minimum Gasteiger partial charge on any atom is -0.369 e. The highest BCUT2D eigenvalue weighted by Crippen LogP contribution is 2.40. The third kappa shape index (κ3) is 3.21. The predicted octanol–water partition coefficient (Wildman–Crippen LogP) is 2.72. The van der Waals surface area contributed by atoms with E-state index in [0.29, 0.717) is 0 Å². The molecule has 3 aromatic rings. The Hall–Kier alpha value is -3.32. The highest BCUT2D eigenvalue weighted by Gasteiger charge is 2.49. The van der Waals surface area contributed by atoms with Crippen molar-refractivity contribution in [1.82, 2.24) is 14.9 Å². The predicted molar refractivity (Wildman–Crippen MR) is 122 cm³/mol. The molecule has 30 heavy (non-hydrogen) atoms. The van der Waals surface area contributed by atoms with Crippen molar-refractivity contribution in [2.75, 3.05) is 7.05 Å². The molecule has 4 rings (SSSR count). The molecule has 0 fully saturated rings. The fourth-order valence-corrected chi connectivity index (χ4v) is 4.91. The molecule has 1 unspecified atom stereocenters. The number of likely N-dealkylation sites (N-methyl/N-ethyl adjacent to an activating group) is 1. The Morgan fingerprint density at radius 2 is 1.73 bits per heavy atom. The standard InChI is InChI=1S/C23H25N5OSi/c1-28-21(29)23(27-22(28)24,17-8-10-19(11-9-17)30(2,3)4)18-7-5-6-16(14-18)20-15-25-12-13-26-20/h5-15H,1-4H3,(H2,24,27). The van der Waals surface area contributed by atoms with E-state index in [9.17, 15) is 4.79 Å². The number of guanidine groups is 1. The lowest BCUT2D eigenvalue weighted by molar-refractivity contribution is -0.129. The van der Waals surface area contributed by atoms with Crippen molar-refractivity contribution in [3.05, 3.63) is 78.2 Å². The van der Waals surface area contributed by atoms with E-state index >= 15 is 0 Å². The zero-order valence-electron chi connectivity index (χ0n) is 17.6. The molecule has 2 N–H and O–H groups in total. The van der Waals surface area contributed by atoms with Gasteiger partial charge in [-0.25, -0.2) is 4.99 Å². The van der Waals surface area contributed by atoms with Gasteiger partial charge in [-0.15, -0.1) is 0 Å². The van der Waals surface area contributed by atoms with Gasteiger partial charge < -0.3 is 5.73 Å². The average molecular weight is 416 g/mol. The van der Waals surface area contributed by atoms with Crippen molar-refractivity contribution < 1.29 is 4.79 Å². The van der Waals surface area contributed by atoms with Crippen LogP contribution in [-0.2, 0) is 10.3 Å². The van der Waals surface area contributed by atoms with Crippen LogP contribution in [0.4, 0.5) is 0 Å². The molecule has 6 nitrogen and oxygen atoms in total. The number of carbonyl (C=O) groups is 1. The number of amides is 1. The number of benzene rings is 2. The van der Waals surface area contributed by atoms with Gasteiger partial charge in [-0.05, 0) is 17.2 Å². The highest BCUT2D eigenvalue weighted by atomic mass is 28.3. The molecule has 1 aliphatic rings. The van der Waals surface area contributed by atoms with Gasteiger partial charge in [0, 0.05) is 25.0 Å². The fraction of sp³-hybridized carbons (Fsp3) is 0.217. The van der Waals surface area contributed by atoms with Crippen LogP contribution in [0.5, 0.6) is 0 Å². The minimum atomic E-state index is -1.47.